The van der Waals surface area contributed by atoms with Gasteiger partial charge in [-0.1, -0.05) is 40.0 Å². The molecule has 0 aliphatic rings. The maximum atomic E-state index is 9.33. The van der Waals surface area contributed by atoms with Crippen molar-refractivity contribution in [1.29, 1.82) is 0 Å². The van der Waals surface area contributed by atoms with Crippen LogP contribution in [0.2, 0.25) is 0 Å². The molecule has 0 aromatic carbocycles. The maximum Gasteiger partial charge on any atom is 0.397 e. The Hall–Kier alpha value is 0.300. The minimum Gasteiger partial charge on any atom is -0.264 e. The zero-order valence-electron chi connectivity index (χ0n) is 12.9. The van der Waals surface area contributed by atoms with Crippen LogP contribution < -0.4 is 0 Å². The summed E-state index contributed by atoms with van der Waals surface area (Å²) in [6.07, 6.45) is 13.2. The van der Waals surface area contributed by atoms with E-state index in [-0.39, 0.29) is 0 Å². The highest BCUT2D eigenvalue weighted by Gasteiger charge is 2.05. The number of rotatable bonds is 10. The van der Waals surface area contributed by atoms with Gasteiger partial charge in [0.1, 0.15) is 0 Å². The van der Waals surface area contributed by atoms with Gasteiger partial charge in [0, 0.05) is 0 Å². The van der Waals surface area contributed by atoms with Crippen LogP contribution in [0.1, 0.15) is 59.3 Å². The molecule has 0 unspecified atom stereocenters. The highest BCUT2D eigenvalue weighted by atomic mass is 32.3. The van der Waals surface area contributed by atoms with Crippen LogP contribution >= 0.6 is 7.92 Å². The van der Waals surface area contributed by atoms with Crippen LogP contribution in [0.25, 0.3) is 0 Å². The summed E-state index contributed by atoms with van der Waals surface area (Å²) in [6, 6.07) is 0. The van der Waals surface area contributed by atoms with Crippen LogP contribution in [0.3, 0.4) is 0 Å². The summed E-state index contributed by atoms with van der Waals surface area (Å²) in [7, 11) is -2.87. The molecule has 0 bridgehead atoms. The van der Waals surface area contributed by atoms with Gasteiger partial charge in [-0.3, -0.25) is 8.74 Å². The van der Waals surface area contributed by atoms with Gasteiger partial charge in [0.25, 0.3) is 0 Å². The first-order chi connectivity index (χ1) is 8.91. The lowest BCUT2D eigenvalue weighted by molar-refractivity contribution is 0.324. The molecule has 0 amide bonds. The molecule has 0 aromatic rings. The smallest absolute Gasteiger partial charge is 0.264 e. The standard InChI is InChI=1S/C12H27P.CH4O4S/c1-4-7-10-13(11-8-5-2)12-9-6-3;1-5-6(2,3)4/h4-12H2,1-3H3;1H3,(H,2,3,4). The molecule has 0 atom stereocenters. The SMILES string of the molecule is CCCCP(CCCC)CCCC.COS(=O)(=O)O. The van der Waals surface area contributed by atoms with Gasteiger partial charge < -0.3 is 0 Å². The van der Waals surface area contributed by atoms with Gasteiger partial charge in [-0.25, -0.2) is 0 Å². The predicted octanol–water partition coefficient (Wildman–Crippen LogP) is 4.30. The second-order valence-electron chi connectivity index (χ2n) is 4.50. The summed E-state index contributed by atoms with van der Waals surface area (Å²) in [5.41, 5.74) is 0. The third-order valence-corrected chi connectivity index (χ3v) is 5.96. The molecule has 118 valence electrons. The van der Waals surface area contributed by atoms with Crippen molar-refractivity contribution in [1.82, 2.24) is 0 Å². The van der Waals surface area contributed by atoms with Gasteiger partial charge in [-0.05, 0) is 37.7 Å². The van der Waals surface area contributed by atoms with Crippen LogP contribution in [0.5, 0.6) is 0 Å². The molecule has 0 radical (unpaired) electrons. The van der Waals surface area contributed by atoms with Crippen LogP contribution in [-0.4, -0.2) is 38.6 Å². The van der Waals surface area contributed by atoms with Crippen molar-refractivity contribution in [2.45, 2.75) is 59.3 Å². The Balaban J connectivity index is 0. The van der Waals surface area contributed by atoms with E-state index in [9.17, 15) is 8.42 Å². The molecule has 0 heterocycles. The van der Waals surface area contributed by atoms with Crippen molar-refractivity contribution in [3.63, 3.8) is 0 Å². The van der Waals surface area contributed by atoms with Gasteiger partial charge in [0.15, 0.2) is 0 Å². The van der Waals surface area contributed by atoms with Crippen molar-refractivity contribution in [3.05, 3.63) is 0 Å². The van der Waals surface area contributed by atoms with Crippen molar-refractivity contribution < 1.29 is 17.2 Å². The average molecular weight is 314 g/mol. The summed E-state index contributed by atoms with van der Waals surface area (Å²) in [6.45, 7) is 6.94. The van der Waals surface area contributed by atoms with E-state index < -0.39 is 10.4 Å². The molecule has 0 saturated carbocycles. The molecule has 19 heavy (non-hydrogen) atoms. The molecule has 0 aliphatic carbocycles. The summed E-state index contributed by atoms with van der Waals surface area (Å²) in [5, 5.41) is 0. The lowest BCUT2D eigenvalue weighted by Gasteiger charge is -2.16. The van der Waals surface area contributed by atoms with Gasteiger partial charge in [-0.2, -0.15) is 8.42 Å². The summed E-state index contributed by atoms with van der Waals surface area (Å²) < 4.78 is 29.7. The predicted molar refractivity (Wildman–Crippen MR) is 84.8 cm³/mol. The first-order valence-electron chi connectivity index (χ1n) is 7.16. The molecule has 0 aromatic heterocycles. The minimum absolute atomic E-state index is 0.422. The zero-order valence-corrected chi connectivity index (χ0v) is 14.6. The summed E-state index contributed by atoms with van der Waals surface area (Å²) in [4.78, 5) is 0. The van der Waals surface area contributed by atoms with E-state index in [1.54, 1.807) is 18.5 Å². The molecule has 0 spiro atoms. The van der Waals surface area contributed by atoms with Crippen molar-refractivity contribution >= 4 is 18.3 Å². The fraction of sp³-hybridized carbons (Fsp3) is 1.00. The number of unbranched alkanes of at least 4 members (excludes halogenated alkanes) is 3. The third-order valence-electron chi connectivity index (χ3n) is 2.69. The topological polar surface area (TPSA) is 63.6 Å². The van der Waals surface area contributed by atoms with Crippen LogP contribution in [0.15, 0.2) is 0 Å². The third kappa shape index (κ3) is 20.8. The lowest BCUT2D eigenvalue weighted by Crippen LogP contribution is -1.96. The number of hydrogen-bond acceptors (Lipinski definition) is 3. The van der Waals surface area contributed by atoms with Crippen LogP contribution in [-0.2, 0) is 14.6 Å². The van der Waals surface area contributed by atoms with Crippen molar-refractivity contribution in [3.8, 4) is 0 Å². The summed E-state index contributed by atoms with van der Waals surface area (Å²) >= 11 is 0. The van der Waals surface area contributed by atoms with Gasteiger partial charge in [-0.15, -0.1) is 7.92 Å². The van der Waals surface area contributed by atoms with E-state index in [0.717, 1.165) is 7.11 Å². The van der Waals surface area contributed by atoms with E-state index in [2.05, 4.69) is 25.0 Å². The van der Waals surface area contributed by atoms with Crippen LogP contribution in [0.4, 0.5) is 0 Å². The Morgan fingerprint density at radius 1 is 0.895 bits per heavy atom. The fourth-order valence-electron chi connectivity index (χ4n) is 1.48. The lowest BCUT2D eigenvalue weighted by atomic mass is 10.4. The highest BCUT2D eigenvalue weighted by molar-refractivity contribution is 7.80. The second kappa shape index (κ2) is 14.7. The highest BCUT2D eigenvalue weighted by Crippen LogP contribution is 2.38. The Morgan fingerprint density at radius 2 is 1.16 bits per heavy atom. The molecule has 0 aliphatic heterocycles. The van der Waals surface area contributed by atoms with E-state index in [4.69, 9.17) is 4.55 Å². The molecular weight excluding hydrogens is 283 g/mol. The Bertz CT molecular complexity index is 249. The number of hydrogen-bond donors (Lipinski definition) is 1. The van der Waals surface area contributed by atoms with Crippen LogP contribution in [0, 0.1) is 0 Å². The Labute approximate surface area is 121 Å². The minimum atomic E-state index is -4.16. The normalized spacial score (nSPS) is 11.3. The summed E-state index contributed by atoms with van der Waals surface area (Å²) in [5.74, 6) is 0. The first-order valence-corrected chi connectivity index (χ1v) is 10.4. The van der Waals surface area contributed by atoms with E-state index in [0.29, 0.717) is 7.92 Å². The molecule has 0 rings (SSSR count). The average Bonchev–Trinajstić information content (AvgIpc) is 2.38. The molecule has 4 nitrogen and oxygen atoms in total. The van der Waals surface area contributed by atoms with Gasteiger partial charge in [0.2, 0.25) is 0 Å². The molecule has 0 fully saturated rings. The largest absolute Gasteiger partial charge is 0.397 e. The Kier molecular flexibility index (Phi) is 16.7. The quantitative estimate of drug-likeness (QED) is 0.482. The monoisotopic (exact) mass is 314 g/mol. The molecular formula is C13H31O4PS. The second-order valence-corrected chi connectivity index (χ2v) is 8.37. The zero-order chi connectivity index (χ0) is 15.1. The molecule has 1 N–H and O–H groups in total. The Morgan fingerprint density at radius 3 is 1.32 bits per heavy atom. The fourth-order valence-corrected chi connectivity index (χ4v) is 4.44. The maximum absolute atomic E-state index is 9.33. The molecule has 0 saturated heterocycles. The van der Waals surface area contributed by atoms with Gasteiger partial charge >= 0.3 is 10.4 Å². The first kappa shape index (κ1) is 21.6. The van der Waals surface area contributed by atoms with Gasteiger partial charge in [0.05, 0.1) is 7.11 Å². The molecule has 6 heteroatoms. The van der Waals surface area contributed by atoms with E-state index >= 15 is 0 Å². The van der Waals surface area contributed by atoms with Crippen molar-refractivity contribution in [2.24, 2.45) is 0 Å². The van der Waals surface area contributed by atoms with Crippen molar-refractivity contribution in [2.75, 3.05) is 25.6 Å². The van der Waals surface area contributed by atoms with E-state index in [1.165, 1.54) is 38.5 Å². The van der Waals surface area contributed by atoms with E-state index in [1.807, 2.05) is 0 Å².